The molecule has 0 saturated heterocycles. The molecule has 1 atom stereocenters. The van der Waals surface area contributed by atoms with Crippen LogP contribution in [0.4, 0.5) is 4.39 Å². The minimum absolute atomic E-state index is 0.0622. The van der Waals surface area contributed by atoms with Crippen molar-refractivity contribution in [2.24, 2.45) is 0 Å². The molecule has 0 fully saturated rings. The highest BCUT2D eigenvalue weighted by molar-refractivity contribution is 7.99. The van der Waals surface area contributed by atoms with Crippen molar-refractivity contribution < 1.29 is 13.6 Å². The molecule has 1 aromatic heterocycles. The summed E-state index contributed by atoms with van der Waals surface area (Å²) in [5, 5.41) is 2.94. The fraction of sp³-hybridized carbons (Fsp3) is 0.214. The number of hydrogen-bond donors (Lipinski definition) is 1. The van der Waals surface area contributed by atoms with Gasteiger partial charge in [-0.25, -0.2) is 4.39 Å². The lowest BCUT2D eigenvalue weighted by Gasteiger charge is -2.25. The number of furan rings is 1. The number of carbonyl (C=O) groups excluding carboxylic acids is 1. The van der Waals surface area contributed by atoms with Crippen molar-refractivity contribution in [1.82, 2.24) is 5.32 Å². The molecule has 0 radical (unpaired) electrons. The summed E-state index contributed by atoms with van der Waals surface area (Å²) < 4.78 is 18.3. The van der Waals surface area contributed by atoms with E-state index in [1.54, 1.807) is 17.8 Å². The molecule has 1 aliphatic rings. The Kier molecular flexibility index (Phi) is 3.72. The molecule has 0 spiro atoms. The molecule has 1 aliphatic heterocycles. The third kappa shape index (κ3) is 2.55. The second-order valence-corrected chi connectivity index (χ2v) is 5.93. The molecule has 1 unspecified atom stereocenters. The Balaban J connectivity index is 1.85. The number of halogens is 2. The minimum atomic E-state index is -0.309. The molecular formula is C14H11ClFNO2S. The van der Waals surface area contributed by atoms with Gasteiger partial charge < -0.3 is 9.73 Å². The maximum absolute atomic E-state index is 13.4. The first-order valence-corrected chi connectivity index (χ1v) is 7.47. The van der Waals surface area contributed by atoms with Crippen LogP contribution in [-0.4, -0.2) is 11.7 Å². The topological polar surface area (TPSA) is 42.2 Å². The van der Waals surface area contributed by atoms with Gasteiger partial charge in [0, 0.05) is 10.6 Å². The lowest BCUT2D eigenvalue weighted by atomic mass is 10.0. The average Bonchev–Trinajstić information content (AvgIpc) is 2.86. The molecule has 0 bridgehead atoms. The van der Waals surface area contributed by atoms with Crippen LogP contribution in [0.1, 0.15) is 28.4 Å². The summed E-state index contributed by atoms with van der Waals surface area (Å²) in [5.41, 5.74) is 1.11. The number of benzene rings is 1. The lowest BCUT2D eigenvalue weighted by molar-refractivity contribution is 0.0934. The SMILES string of the molecule is O=C(NC1CCSc2ccc(F)cc21)c1ccoc1Cl. The highest BCUT2D eigenvalue weighted by Crippen LogP contribution is 2.36. The van der Waals surface area contributed by atoms with E-state index in [1.807, 2.05) is 0 Å². The quantitative estimate of drug-likeness (QED) is 0.910. The predicted molar refractivity (Wildman–Crippen MR) is 75.7 cm³/mol. The smallest absolute Gasteiger partial charge is 0.256 e. The first-order valence-electron chi connectivity index (χ1n) is 6.11. The van der Waals surface area contributed by atoms with Gasteiger partial charge in [0.2, 0.25) is 5.22 Å². The van der Waals surface area contributed by atoms with Crippen molar-refractivity contribution >= 4 is 29.3 Å². The number of thioether (sulfide) groups is 1. The van der Waals surface area contributed by atoms with Crippen molar-refractivity contribution in [1.29, 1.82) is 0 Å². The zero-order valence-corrected chi connectivity index (χ0v) is 11.9. The van der Waals surface area contributed by atoms with Crippen molar-refractivity contribution in [3.8, 4) is 0 Å². The van der Waals surface area contributed by atoms with Crippen molar-refractivity contribution in [3.63, 3.8) is 0 Å². The van der Waals surface area contributed by atoms with E-state index in [9.17, 15) is 9.18 Å². The molecule has 6 heteroatoms. The van der Waals surface area contributed by atoms with Crippen LogP contribution in [0.5, 0.6) is 0 Å². The van der Waals surface area contributed by atoms with Crippen LogP contribution in [0.15, 0.2) is 39.8 Å². The van der Waals surface area contributed by atoms with Gasteiger partial charge in [-0.2, -0.15) is 0 Å². The predicted octanol–water partition coefficient (Wildman–Crippen LogP) is 4.04. The van der Waals surface area contributed by atoms with Gasteiger partial charge in [0.25, 0.3) is 5.91 Å². The van der Waals surface area contributed by atoms with Gasteiger partial charge in [0.1, 0.15) is 5.82 Å². The van der Waals surface area contributed by atoms with Gasteiger partial charge in [0.15, 0.2) is 0 Å². The van der Waals surface area contributed by atoms with Crippen molar-refractivity contribution in [2.45, 2.75) is 17.4 Å². The van der Waals surface area contributed by atoms with Gasteiger partial charge in [-0.05, 0) is 47.9 Å². The van der Waals surface area contributed by atoms with Gasteiger partial charge in [-0.15, -0.1) is 11.8 Å². The third-order valence-electron chi connectivity index (χ3n) is 3.18. The maximum Gasteiger partial charge on any atom is 0.256 e. The Morgan fingerprint density at radius 1 is 1.45 bits per heavy atom. The second-order valence-electron chi connectivity index (χ2n) is 4.45. The number of fused-ring (bicyclic) bond motifs is 1. The molecule has 3 rings (SSSR count). The van der Waals surface area contributed by atoms with Crippen LogP contribution in [0.3, 0.4) is 0 Å². The van der Waals surface area contributed by atoms with E-state index in [0.29, 0.717) is 5.56 Å². The molecule has 1 aromatic carbocycles. The van der Waals surface area contributed by atoms with Crippen LogP contribution in [-0.2, 0) is 0 Å². The molecule has 2 heterocycles. The van der Waals surface area contributed by atoms with Gasteiger partial charge in [0.05, 0.1) is 17.9 Å². The van der Waals surface area contributed by atoms with Gasteiger partial charge >= 0.3 is 0 Å². The number of nitrogens with one attached hydrogen (secondary N) is 1. The summed E-state index contributed by atoms with van der Waals surface area (Å²) in [5.74, 6) is 0.269. The Hall–Kier alpha value is -1.46. The number of hydrogen-bond acceptors (Lipinski definition) is 3. The zero-order valence-electron chi connectivity index (χ0n) is 10.4. The van der Waals surface area contributed by atoms with E-state index in [1.165, 1.54) is 24.5 Å². The highest BCUT2D eigenvalue weighted by Gasteiger charge is 2.24. The summed E-state index contributed by atoms with van der Waals surface area (Å²) in [7, 11) is 0. The van der Waals surface area contributed by atoms with E-state index in [2.05, 4.69) is 5.32 Å². The Morgan fingerprint density at radius 2 is 2.30 bits per heavy atom. The number of carbonyl (C=O) groups is 1. The third-order valence-corrected chi connectivity index (χ3v) is 4.59. The molecule has 20 heavy (non-hydrogen) atoms. The van der Waals surface area contributed by atoms with Crippen molar-refractivity contribution in [2.75, 3.05) is 5.75 Å². The van der Waals surface area contributed by atoms with E-state index < -0.39 is 0 Å². The van der Waals surface area contributed by atoms with Crippen LogP contribution in [0, 0.1) is 5.82 Å². The van der Waals surface area contributed by atoms with Gasteiger partial charge in [-0.1, -0.05) is 0 Å². The van der Waals surface area contributed by atoms with Crippen LogP contribution >= 0.6 is 23.4 Å². The zero-order chi connectivity index (χ0) is 14.1. The lowest BCUT2D eigenvalue weighted by Crippen LogP contribution is -2.30. The number of amides is 1. The van der Waals surface area contributed by atoms with E-state index in [4.69, 9.17) is 16.0 Å². The summed E-state index contributed by atoms with van der Waals surface area (Å²) in [6, 6.07) is 5.97. The fourth-order valence-corrected chi connectivity index (χ4v) is 3.51. The fourth-order valence-electron chi connectivity index (χ4n) is 2.21. The monoisotopic (exact) mass is 311 g/mol. The molecule has 3 nitrogen and oxygen atoms in total. The Morgan fingerprint density at radius 3 is 3.05 bits per heavy atom. The van der Waals surface area contributed by atoms with Crippen LogP contribution < -0.4 is 5.32 Å². The van der Waals surface area contributed by atoms with E-state index in [-0.39, 0.29) is 23.0 Å². The molecule has 1 amide bonds. The second kappa shape index (κ2) is 5.50. The molecule has 0 aliphatic carbocycles. The van der Waals surface area contributed by atoms with Crippen LogP contribution in [0.2, 0.25) is 5.22 Å². The largest absolute Gasteiger partial charge is 0.452 e. The standard InChI is InChI=1S/C14H11ClFNO2S/c15-13-9(3-5-19-13)14(18)17-11-4-6-20-12-2-1-8(16)7-10(11)12/h1-3,5,7,11H,4,6H2,(H,17,18). The van der Waals surface area contributed by atoms with Gasteiger partial charge in [-0.3, -0.25) is 4.79 Å². The highest BCUT2D eigenvalue weighted by atomic mass is 35.5. The molecule has 0 saturated carbocycles. The first kappa shape index (κ1) is 13.5. The molecule has 1 N–H and O–H groups in total. The Bertz CT molecular complexity index is 658. The summed E-state index contributed by atoms with van der Waals surface area (Å²) in [4.78, 5) is 13.1. The first-order chi connectivity index (χ1) is 9.65. The normalized spacial score (nSPS) is 17.6. The van der Waals surface area contributed by atoms with E-state index >= 15 is 0 Å². The summed E-state index contributed by atoms with van der Waals surface area (Å²) in [6.07, 6.45) is 2.11. The van der Waals surface area contributed by atoms with Crippen molar-refractivity contribution in [3.05, 3.63) is 52.7 Å². The molecular weight excluding hydrogens is 301 g/mol. The van der Waals surface area contributed by atoms with Crippen LogP contribution in [0.25, 0.3) is 0 Å². The molecule has 2 aromatic rings. The summed E-state index contributed by atoms with van der Waals surface area (Å²) >= 11 is 7.45. The Labute approximate surface area is 124 Å². The number of rotatable bonds is 2. The maximum atomic E-state index is 13.4. The van der Waals surface area contributed by atoms with E-state index in [0.717, 1.165) is 22.6 Å². The molecule has 104 valence electrons. The average molecular weight is 312 g/mol. The minimum Gasteiger partial charge on any atom is -0.452 e. The summed E-state index contributed by atoms with van der Waals surface area (Å²) in [6.45, 7) is 0.